The molecule has 0 fully saturated rings. The van der Waals surface area contributed by atoms with Gasteiger partial charge in [0, 0.05) is 23.2 Å². The Balaban J connectivity index is 1.92. The van der Waals surface area contributed by atoms with Crippen LogP contribution in [0.5, 0.6) is 5.88 Å². The molecule has 112 valence electrons. The summed E-state index contributed by atoms with van der Waals surface area (Å²) in [4.78, 5) is 4.49. The normalized spacial score (nSPS) is 10.7. The highest BCUT2D eigenvalue weighted by Crippen LogP contribution is 2.20. The third-order valence-corrected chi connectivity index (χ3v) is 3.58. The van der Waals surface area contributed by atoms with Gasteiger partial charge in [-0.05, 0) is 36.8 Å². The van der Waals surface area contributed by atoms with Crippen molar-refractivity contribution in [3.05, 3.63) is 70.5 Å². The van der Waals surface area contributed by atoms with E-state index in [2.05, 4.69) is 10.1 Å². The first-order valence-corrected chi connectivity index (χ1v) is 7.35. The minimum atomic E-state index is 0.669. The van der Waals surface area contributed by atoms with Gasteiger partial charge in [-0.15, -0.1) is 0 Å². The average molecular weight is 314 g/mol. The molecule has 0 aliphatic rings. The Labute approximate surface area is 134 Å². The van der Waals surface area contributed by atoms with Gasteiger partial charge in [-0.1, -0.05) is 29.8 Å². The molecule has 2 aromatic heterocycles. The molecule has 0 unspecified atom stereocenters. The average Bonchev–Trinajstić information content (AvgIpc) is 2.92. The van der Waals surface area contributed by atoms with Crippen LogP contribution in [0.1, 0.15) is 17.0 Å². The lowest BCUT2D eigenvalue weighted by molar-refractivity contribution is 0.382. The summed E-state index contributed by atoms with van der Waals surface area (Å²) < 4.78 is 7.14. The van der Waals surface area contributed by atoms with Gasteiger partial charge in [0.25, 0.3) is 0 Å². The van der Waals surface area contributed by atoms with Crippen LogP contribution in [0, 0.1) is 6.92 Å². The molecular formula is C17H16ClN3O. The molecule has 0 saturated carbocycles. The highest BCUT2D eigenvalue weighted by molar-refractivity contribution is 6.30. The summed E-state index contributed by atoms with van der Waals surface area (Å²) in [6.07, 6.45) is 0.715. The molecule has 0 bridgehead atoms. The van der Waals surface area contributed by atoms with E-state index >= 15 is 0 Å². The second kappa shape index (κ2) is 6.20. The van der Waals surface area contributed by atoms with E-state index in [9.17, 15) is 0 Å². The Morgan fingerprint density at radius 2 is 1.91 bits per heavy atom. The lowest BCUT2D eigenvalue weighted by Crippen LogP contribution is -2.03. The van der Waals surface area contributed by atoms with Crippen molar-refractivity contribution < 1.29 is 4.74 Å². The van der Waals surface area contributed by atoms with Gasteiger partial charge in [-0.3, -0.25) is 0 Å². The minimum absolute atomic E-state index is 0.669. The van der Waals surface area contributed by atoms with Gasteiger partial charge in [0.15, 0.2) is 5.82 Å². The molecule has 5 heteroatoms. The Morgan fingerprint density at radius 3 is 2.59 bits per heavy atom. The molecule has 0 atom stereocenters. The van der Waals surface area contributed by atoms with Crippen LogP contribution in [0.25, 0.3) is 5.82 Å². The van der Waals surface area contributed by atoms with E-state index in [4.69, 9.17) is 16.3 Å². The van der Waals surface area contributed by atoms with Crippen molar-refractivity contribution in [2.75, 3.05) is 7.11 Å². The maximum atomic E-state index is 5.91. The van der Waals surface area contributed by atoms with Gasteiger partial charge in [-0.2, -0.15) is 9.78 Å². The zero-order chi connectivity index (χ0) is 15.5. The highest BCUT2D eigenvalue weighted by atomic mass is 35.5. The molecule has 0 N–H and O–H groups in total. The van der Waals surface area contributed by atoms with Crippen molar-refractivity contribution in [2.45, 2.75) is 13.3 Å². The molecule has 4 nitrogen and oxygen atoms in total. The predicted octanol–water partition coefficient (Wildman–Crippen LogP) is 3.83. The number of aromatic nitrogens is 3. The summed E-state index contributed by atoms with van der Waals surface area (Å²) in [5.41, 5.74) is 3.01. The molecular weight excluding hydrogens is 298 g/mol. The fourth-order valence-electron chi connectivity index (χ4n) is 2.26. The number of halogens is 1. The maximum absolute atomic E-state index is 5.91. The first kappa shape index (κ1) is 14.6. The Hall–Kier alpha value is -2.33. The zero-order valence-corrected chi connectivity index (χ0v) is 13.2. The standard InChI is InChI=1S/C17H16ClN3O/c1-12-4-3-5-16(19-12)21-17(22-2)11-15(20-21)10-13-6-8-14(18)9-7-13/h3-9,11H,10H2,1-2H3. The Morgan fingerprint density at radius 1 is 1.14 bits per heavy atom. The van der Waals surface area contributed by atoms with Crippen molar-refractivity contribution in [3.8, 4) is 11.7 Å². The first-order valence-electron chi connectivity index (χ1n) is 6.97. The molecule has 0 saturated heterocycles. The number of hydrogen-bond donors (Lipinski definition) is 0. The number of nitrogens with zero attached hydrogens (tertiary/aromatic N) is 3. The monoisotopic (exact) mass is 313 g/mol. The fraction of sp³-hybridized carbons (Fsp3) is 0.176. The summed E-state index contributed by atoms with van der Waals surface area (Å²) in [6, 6.07) is 15.5. The minimum Gasteiger partial charge on any atom is -0.481 e. The molecule has 0 aliphatic carbocycles. The third-order valence-electron chi connectivity index (χ3n) is 3.33. The van der Waals surface area contributed by atoms with Gasteiger partial charge in [-0.25, -0.2) is 4.98 Å². The van der Waals surface area contributed by atoms with Crippen molar-refractivity contribution in [1.82, 2.24) is 14.8 Å². The van der Waals surface area contributed by atoms with Crippen LogP contribution >= 0.6 is 11.6 Å². The lowest BCUT2D eigenvalue weighted by atomic mass is 10.1. The molecule has 2 heterocycles. The van der Waals surface area contributed by atoms with Crippen molar-refractivity contribution in [2.24, 2.45) is 0 Å². The van der Waals surface area contributed by atoms with E-state index in [1.54, 1.807) is 11.8 Å². The topological polar surface area (TPSA) is 39.9 Å². The molecule has 0 amide bonds. The quantitative estimate of drug-likeness (QED) is 0.735. The van der Waals surface area contributed by atoms with Crippen LogP contribution in [0.4, 0.5) is 0 Å². The van der Waals surface area contributed by atoms with Gasteiger partial charge in [0.1, 0.15) is 0 Å². The molecule has 22 heavy (non-hydrogen) atoms. The molecule has 3 aromatic rings. The molecule has 1 aromatic carbocycles. The summed E-state index contributed by atoms with van der Waals surface area (Å²) in [6.45, 7) is 1.95. The molecule has 3 rings (SSSR count). The second-order valence-electron chi connectivity index (χ2n) is 5.03. The smallest absolute Gasteiger partial charge is 0.218 e. The fourth-order valence-corrected chi connectivity index (χ4v) is 2.39. The number of methoxy groups -OCH3 is 1. The van der Waals surface area contributed by atoms with Crippen LogP contribution in [-0.4, -0.2) is 21.9 Å². The second-order valence-corrected chi connectivity index (χ2v) is 5.47. The first-order chi connectivity index (χ1) is 10.7. The third kappa shape index (κ3) is 3.12. The molecule has 0 spiro atoms. The number of rotatable bonds is 4. The number of pyridine rings is 1. The summed E-state index contributed by atoms with van der Waals surface area (Å²) in [5.74, 6) is 1.42. The van der Waals surface area contributed by atoms with E-state index in [0.717, 1.165) is 27.8 Å². The summed E-state index contributed by atoms with van der Waals surface area (Å²) in [5, 5.41) is 5.34. The summed E-state index contributed by atoms with van der Waals surface area (Å²) >= 11 is 5.91. The van der Waals surface area contributed by atoms with Crippen molar-refractivity contribution >= 4 is 11.6 Å². The lowest BCUT2D eigenvalue weighted by Gasteiger charge is -2.05. The van der Waals surface area contributed by atoms with Crippen LogP contribution in [0.2, 0.25) is 5.02 Å². The number of ether oxygens (including phenoxy) is 1. The maximum Gasteiger partial charge on any atom is 0.218 e. The van der Waals surface area contributed by atoms with E-state index in [-0.39, 0.29) is 0 Å². The van der Waals surface area contributed by atoms with Gasteiger partial charge in [0.2, 0.25) is 5.88 Å². The molecule has 0 radical (unpaired) electrons. The molecule has 0 aliphatic heterocycles. The van der Waals surface area contributed by atoms with E-state index in [0.29, 0.717) is 12.3 Å². The predicted molar refractivity (Wildman–Crippen MR) is 86.9 cm³/mol. The Bertz CT molecular complexity index is 781. The Kier molecular flexibility index (Phi) is 4.11. The van der Waals surface area contributed by atoms with E-state index < -0.39 is 0 Å². The van der Waals surface area contributed by atoms with Gasteiger partial charge < -0.3 is 4.74 Å². The zero-order valence-electron chi connectivity index (χ0n) is 12.5. The van der Waals surface area contributed by atoms with Crippen molar-refractivity contribution in [1.29, 1.82) is 0 Å². The van der Waals surface area contributed by atoms with Crippen molar-refractivity contribution in [3.63, 3.8) is 0 Å². The van der Waals surface area contributed by atoms with E-state index in [1.807, 2.05) is 55.5 Å². The number of aryl methyl sites for hydroxylation is 1. The van der Waals surface area contributed by atoms with Gasteiger partial charge in [0.05, 0.1) is 12.8 Å². The number of benzene rings is 1. The van der Waals surface area contributed by atoms with Crippen LogP contribution in [-0.2, 0) is 6.42 Å². The van der Waals surface area contributed by atoms with Crippen LogP contribution in [0.15, 0.2) is 48.5 Å². The SMILES string of the molecule is COc1cc(Cc2ccc(Cl)cc2)nn1-c1cccc(C)n1. The summed E-state index contributed by atoms with van der Waals surface area (Å²) in [7, 11) is 1.63. The van der Waals surface area contributed by atoms with E-state index in [1.165, 1.54) is 0 Å². The van der Waals surface area contributed by atoms with Crippen LogP contribution < -0.4 is 4.74 Å². The number of hydrogen-bond acceptors (Lipinski definition) is 3. The largest absolute Gasteiger partial charge is 0.481 e. The van der Waals surface area contributed by atoms with Gasteiger partial charge >= 0.3 is 0 Å². The highest BCUT2D eigenvalue weighted by Gasteiger charge is 2.11. The van der Waals surface area contributed by atoms with Crippen LogP contribution in [0.3, 0.4) is 0 Å².